The largest absolute Gasteiger partial charge is 0.465 e. The molecule has 27 heavy (non-hydrogen) atoms. The highest BCUT2D eigenvalue weighted by Gasteiger charge is 2.30. The molecule has 0 fully saturated rings. The van der Waals surface area contributed by atoms with Gasteiger partial charge < -0.3 is 14.8 Å². The summed E-state index contributed by atoms with van der Waals surface area (Å²) in [6.45, 7) is -0.685. The number of halogens is 3. The summed E-state index contributed by atoms with van der Waals surface area (Å²) in [6, 6.07) is 9.44. The van der Waals surface area contributed by atoms with E-state index in [0.717, 1.165) is 24.3 Å². The molecule has 142 valence electrons. The van der Waals surface area contributed by atoms with Crippen LogP contribution in [-0.2, 0) is 20.4 Å². The molecule has 0 saturated heterocycles. The van der Waals surface area contributed by atoms with Crippen LogP contribution in [0, 0.1) is 0 Å². The molecule has 1 amide bonds. The monoisotopic (exact) mass is 381 g/mol. The van der Waals surface area contributed by atoms with Crippen LogP contribution in [0.3, 0.4) is 0 Å². The topological polar surface area (TPSA) is 81.7 Å². The first-order valence-corrected chi connectivity index (χ1v) is 7.54. The minimum atomic E-state index is -4.52. The Morgan fingerprint density at radius 1 is 0.963 bits per heavy atom. The summed E-state index contributed by atoms with van der Waals surface area (Å²) < 4.78 is 46.8. The van der Waals surface area contributed by atoms with E-state index >= 15 is 0 Å². The quantitative estimate of drug-likeness (QED) is 0.804. The van der Waals surface area contributed by atoms with Crippen molar-refractivity contribution in [2.24, 2.45) is 0 Å². The fraction of sp³-hybridized carbons (Fsp3) is 0.167. The first-order chi connectivity index (χ1) is 12.7. The van der Waals surface area contributed by atoms with Crippen LogP contribution in [0.5, 0.6) is 0 Å². The van der Waals surface area contributed by atoms with Crippen LogP contribution >= 0.6 is 0 Å². The average molecular weight is 381 g/mol. The third-order valence-electron chi connectivity index (χ3n) is 3.39. The highest BCUT2D eigenvalue weighted by atomic mass is 19.4. The standard InChI is InChI=1S/C18H14F3NO5/c1-26-17(25)13-4-2-3-5-14(13)22-15(23)10-27-16(24)11-6-8-12(9-7-11)18(19,20)21/h2-9H,10H2,1H3,(H,22,23). The number of hydrogen-bond acceptors (Lipinski definition) is 5. The molecule has 0 aromatic heterocycles. The molecule has 0 spiro atoms. The van der Waals surface area contributed by atoms with Crippen molar-refractivity contribution >= 4 is 23.5 Å². The second-order valence-corrected chi connectivity index (χ2v) is 5.24. The van der Waals surface area contributed by atoms with Gasteiger partial charge in [-0.2, -0.15) is 13.2 Å². The normalized spacial score (nSPS) is 10.8. The van der Waals surface area contributed by atoms with E-state index in [-0.39, 0.29) is 16.8 Å². The summed E-state index contributed by atoms with van der Waals surface area (Å²) in [6.07, 6.45) is -4.52. The van der Waals surface area contributed by atoms with Crippen molar-refractivity contribution in [3.63, 3.8) is 0 Å². The molecule has 0 aliphatic heterocycles. The van der Waals surface area contributed by atoms with Crippen molar-refractivity contribution in [3.05, 3.63) is 65.2 Å². The van der Waals surface area contributed by atoms with Gasteiger partial charge in [-0.3, -0.25) is 4.79 Å². The smallest absolute Gasteiger partial charge is 0.416 e. The van der Waals surface area contributed by atoms with E-state index in [1.807, 2.05) is 0 Å². The van der Waals surface area contributed by atoms with Crippen molar-refractivity contribution in [1.82, 2.24) is 0 Å². The second kappa shape index (κ2) is 8.35. The lowest BCUT2D eigenvalue weighted by molar-refractivity contribution is -0.137. The highest BCUT2D eigenvalue weighted by Crippen LogP contribution is 2.29. The minimum Gasteiger partial charge on any atom is -0.465 e. The van der Waals surface area contributed by atoms with E-state index in [0.29, 0.717) is 0 Å². The van der Waals surface area contributed by atoms with Gasteiger partial charge in [-0.25, -0.2) is 9.59 Å². The second-order valence-electron chi connectivity index (χ2n) is 5.24. The zero-order valence-electron chi connectivity index (χ0n) is 14.0. The number of para-hydroxylation sites is 1. The Labute approximate surface area is 151 Å². The Morgan fingerprint density at radius 3 is 2.19 bits per heavy atom. The van der Waals surface area contributed by atoms with Crippen molar-refractivity contribution in [2.45, 2.75) is 6.18 Å². The molecule has 2 aromatic carbocycles. The van der Waals surface area contributed by atoms with E-state index < -0.39 is 36.2 Å². The van der Waals surface area contributed by atoms with Crippen LogP contribution in [0.4, 0.5) is 18.9 Å². The van der Waals surface area contributed by atoms with Crippen LogP contribution in [0.15, 0.2) is 48.5 Å². The average Bonchev–Trinajstić information content (AvgIpc) is 2.65. The van der Waals surface area contributed by atoms with Crippen molar-refractivity contribution in [2.75, 3.05) is 19.0 Å². The van der Waals surface area contributed by atoms with Crippen LogP contribution in [-0.4, -0.2) is 31.6 Å². The molecule has 0 radical (unpaired) electrons. The van der Waals surface area contributed by atoms with Gasteiger partial charge in [-0.05, 0) is 36.4 Å². The number of carbonyl (C=O) groups is 3. The van der Waals surface area contributed by atoms with E-state index in [1.54, 1.807) is 12.1 Å². The Bertz CT molecular complexity index is 847. The molecule has 0 bridgehead atoms. The number of hydrogen-bond donors (Lipinski definition) is 1. The fourth-order valence-electron chi connectivity index (χ4n) is 2.08. The molecule has 9 heteroatoms. The molecule has 0 saturated carbocycles. The Kier molecular flexibility index (Phi) is 6.17. The van der Waals surface area contributed by atoms with Gasteiger partial charge in [0, 0.05) is 0 Å². The van der Waals surface area contributed by atoms with Gasteiger partial charge in [0.2, 0.25) is 0 Å². The number of rotatable bonds is 5. The predicted molar refractivity (Wildman–Crippen MR) is 88.1 cm³/mol. The number of anilines is 1. The lowest BCUT2D eigenvalue weighted by atomic mass is 10.1. The van der Waals surface area contributed by atoms with Crippen LogP contribution in [0.1, 0.15) is 26.3 Å². The predicted octanol–water partition coefficient (Wildman–Crippen LogP) is 3.29. The van der Waals surface area contributed by atoms with Gasteiger partial charge in [0.05, 0.1) is 29.5 Å². The maximum Gasteiger partial charge on any atom is 0.416 e. The van der Waals surface area contributed by atoms with Crippen LogP contribution in [0.25, 0.3) is 0 Å². The molecule has 2 aromatic rings. The van der Waals surface area contributed by atoms with Gasteiger partial charge in [0.1, 0.15) is 0 Å². The van der Waals surface area contributed by atoms with Crippen molar-refractivity contribution in [3.8, 4) is 0 Å². The summed E-state index contributed by atoms with van der Waals surface area (Å²) in [5.74, 6) is -2.35. The molecular weight excluding hydrogens is 367 g/mol. The Hall–Kier alpha value is -3.36. The molecule has 6 nitrogen and oxygen atoms in total. The third-order valence-corrected chi connectivity index (χ3v) is 3.39. The zero-order valence-corrected chi connectivity index (χ0v) is 14.0. The van der Waals surface area contributed by atoms with E-state index in [9.17, 15) is 27.6 Å². The Morgan fingerprint density at radius 2 is 1.59 bits per heavy atom. The SMILES string of the molecule is COC(=O)c1ccccc1NC(=O)COC(=O)c1ccc(C(F)(F)F)cc1. The molecule has 1 N–H and O–H groups in total. The number of nitrogens with one attached hydrogen (secondary N) is 1. The van der Waals surface area contributed by atoms with Gasteiger partial charge in [0.25, 0.3) is 5.91 Å². The molecule has 0 atom stereocenters. The van der Waals surface area contributed by atoms with Gasteiger partial charge in [-0.1, -0.05) is 12.1 Å². The summed E-state index contributed by atoms with van der Waals surface area (Å²) in [5, 5.41) is 2.40. The first-order valence-electron chi connectivity index (χ1n) is 7.54. The number of esters is 2. The van der Waals surface area contributed by atoms with Gasteiger partial charge in [-0.15, -0.1) is 0 Å². The number of carbonyl (C=O) groups excluding carboxylic acids is 3. The third kappa shape index (κ3) is 5.30. The van der Waals surface area contributed by atoms with Gasteiger partial charge >= 0.3 is 18.1 Å². The van der Waals surface area contributed by atoms with Crippen molar-refractivity contribution in [1.29, 1.82) is 0 Å². The number of ether oxygens (including phenoxy) is 2. The molecule has 0 aliphatic rings. The zero-order chi connectivity index (χ0) is 20.0. The Balaban J connectivity index is 1.96. The maximum atomic E-state index is 12.5. The molecule has 0 heterocycles. The van der Waals surface area contributed by atoms with Crippen LogP contribution < -0.4 is 5.32 Å². The minimum absolute atomic E-state index is 0.113. The fourth-order valence-corrected chi connectivity index (χ4v) is 2.08. The van der Waals surface area contributed by atoms with E-state index in [2.05, 4.69) is 10.1 Å². The summed E-state index contributed by atoms with van der Waals surface area (Å²) in [5.41, 5.74) is -0.760. The number of methoxy groups -OCH3 is 1. The number of amides is 1. The highest BCUT2D eigenvalue weighted by molar-refractivity contribution is 6.02. The first kappa shape index (κ1) is 20.0. The lowest BCUT2D eigenvalue weighted by Crippen LogP contribution is -2.22. The maximum absolute atomic E-state index is 12.5. The lowest BCUT2D eigenvalue weighted by Gasteiger charge is -2.10. The number of alkyl halides is 3. The molecule has 0 aliphatic carbocycles. The molecule has 2 rings (SSSR count). The number of benzene rings is 2. The van der Waals surface area contributed by atoms with Crippen LogP contribution in [0.2, 0.25) is 0 Å². The summed E-state index contributed by atoms with van der Waals surface area (Å²) in [4.78, 5) is 35.4. The molecule has 0 unspecified atom stereocenters. The summed E-state index contributed by atoms with van der Waals surface area (Å²) in [7, 11) is 1.19. The van der Waals surface area contributed by atoms with E-state index in [1.165, 1.54) is 19.2 Å². The van der Waals surface area contributed by atoms with Gasteiger partial charge in [0.15, 0.2) is 6.61 Å². The molecular formula is C18H14F3NO5. The summed E-state index contributed by atoms with van der Waals surface area (Å²) >= 11 is 0. The van der Waals surface area contributed by atoms with Crippen molar-refractivity contribution < 1.29 is 37.0 Å². The van der Waals surface area contributed by atoms with E-state index in [4.69, 9.17) is 4.74 Å².